The highest BCUT2D eigenvalue weighted by Gasteiger charge is 2.56. The maximum atomic E-state index is 12.6. The molecule has 9 nitrogen and oxygen atoms in total. The number of carbonyl (C=O) groups is 3. The number of piperidine rings is 1. The second kappa shape index (κ2) is 6.29. The van der Waals surface area contributed by atoms with E-state index in [1.807, 2.05) is 0 Å². The smallest absolute Gasteiger partial charge is 0.410 e. The van der Waals surface area contributed by atoms with Crippen LogP contribution >= 0.6 is 0 Å². The number of ketones is 1. The molecule has 2 N–H and O–H groups in total. The molecule has 2 fully saturated rings. The van der Waals surface area contributed by atoms with Gasteiger partial charge in [-0.1, -0.05) is 0 Å². The van der Waals surface area contributed by atoms with Crippen LogP contribution in [0.5, 0.6) is 0 Å². The first kappa shape index (κ1) is 17.7. The highest BCUT2D eigenvalue weighted by Crippen LogP contribution is 2.37. The summed E-state index contributed by atoms with van der Waals surface area (Å²) in [5.41, 5.74) is 5.13. The van der Waals surface area contributed by atoms with Crippen molar-refractivity contribution in [3.63, 3.8) is 0 Å². The summed E-state index contributed by atoms with van der Waals surface area (Å²) in [6.45, 7) is 7.88. The molecule has 0 radical (unpaired) electrons. The number of hydrogen-bond donors (Lipinski definition) is 2. The number of fused-ring (bicyclic) bond motifs is 5. The van der Waals surface area contributed by atoms with Crippen molar-refractivity contribution >= 4 is 23.7 Å². The van der Waals surface area contributed by atoms with Gasteiger partial charge in [0.05, 0.1) is 30.5 Å². The summed E-state index contributed by atoms with van der Waals surface area (Å²) in [5, 5.41) is 0. The number of amides is 1. The summed E-state index contributed by atoms with van der Waals surface area (Å²) in [6, 6.07) is -0.659. The molecule has 2 bridgehead atoms. The molecule has 4 atom stereocenters. The predicted molar refractivity (Wildman–Crippen MR) is 87.7 cm³/mol. The molecule has 0 aromatic carbocycles. The van der Waals surface area contributed by atoms with Crippen molar-refractivity contribution in [2.75, 3.05) is 19.7 Å². The molecule has 0 aromatic rings. The van der Waals surface area contributed by atoms with Crippen LogP contribution in [0.1, 0.15) is 27.7 Å². The lowest BCUT2D eigenvalue weighted by Crippen LogP contribution is -2.57. The van der Waals surface area contributed by atoms with Crippen molar-refractivity contribution < 1.29 is 23.9 Å². The van der Waals surface area contributed by atoms with Gasteiger partial charge in [-0.05, 0) is 27.7 Å². The van der Waals surface area contributed by atoms with Crippen LogP contribution in [-0.2, 0) is 19.1 Å². The number of carbonyl (C=O) groups excluding carboxylic acids is 3. The molecule has 2 heterocycles. The quantitative estimate of drug-likeness (QED) is 0.666. The van der Waals surface area contributed by atoms with Gasteiger partial charge in [-0.15, -0.1) is 0 Å². The average Bonchev–Trinajstić information content (AvgIpc) is 2.68. The van der Waals surface area contributed by atoms with Crippen LogP contribution in [0.15, 0.2) is 4.99 Å². The van der Waals surface area contributed by atoms with E-state index in [0.717, 1.165) is 0 Å². The van der Waals surface area contributed by atoms with Crippen LogP contribution in [0.25, 0.3) is 0 Å². The number of ether oxygens (including phenoxy) is 2. The fourth-order valence-corrected chi connectivity index (χ4v) is 3.53. The van der Waals surface area contributed by atoms with E-state index in [0.29, 0.717) is 0 Å². The molecular formula is C16H24N4O5. The van der Waals surface area contributed by atoms with Gasteiger partial charge in [0.15, 0.2) is 0 Å². The van der Waals surface area contributed by atoms with Crippen molar-refractivity contribution in [2.45, 2.75) is 45.4 Å². The number of rotatable bonds is 2. The lowest BCUT2D eigenvalue weighted by molar-refractivity contribution is -0.135. The van der Waals surface area contributed by atoms with Crippen molar-refractivity contribution in [3.8, 4) is 0 Å². The SMILES string of the molecule is CCOC(=O)C1=N[C@H]2[C@@H](NN1)[C@@H]1CN(C(=O)OC(C)(C)C)C[C@H]2C1=O. The first-order chi connectivity index (χ1) is 11.7. The second-order valence-corrected chi connectivity index (χ2v) is 7.48. The molecule has 3 aliphatic rings. The van der Waals surface area contributed by atoms with Gasteiger partial charge in [-0.2, -0.15) is 0 Å². The average molecular weight is 352 g/mol. The van der Waals surface area contributed by atoms with E-state index < -0.39 is 29.6 Å². The van der Waals surface area contributed by atoms with Gasteiger partial charge >= 0.3 is 12.1 Å². The number of esters is 1. The Morgan fingerprint density at radius 3 is 2.60 bits per heavy atom. The largest absolute Gasteiger partial charge is 0.460 e. The molecule has 3 rings (SSSR count). The third-order valence-corrected chi connectivity index (χ3v) is 4.53. The summed E-state index contributed by atoms with van der Waals surface area (Å²) < 4.78 is 10.4. The van der Waals surface area contributed by atoms with E-state index in [-0.39, 0.29) is 43.3 Å². The lowest BCUT2D eigenvalue weighted by Gasteiger charge is -2.33. The molecule has 0 unspecified atom stereocenters. The Labute approximate surface area is 146 Å². The van der Waals surface area contributed by atoms with Crippen LogP contribution < -0.4 is 10.9 Å². The van der Waals surface area contributed by atoms with Gasteiger partial charge in [0.1, 0.15) is 11.4 Å². The first-order valence-corrected chi connectivity index (χ1v) is 8.49. The van der Waals surface area contributed by atoms with Gasteiger partial charge in [-0.3, -0.25) is 15.2 Å². The molecule has 1 amide bonds. The number of aliphatic imine (C=N–C) groups is 1. The Bertz CT molecular complexity index is 627. The number of likely N-dealkylation sites (tertiary alicyclic amines) is 1. The van der Waals surface area contributed by atoms with Gasteiger partial charge in [0.25, 0.3) is 0 Å². The van der Waals surface area contributed by atoms with E-state index in [1.165, 1.54) is 0 Å². The minimum absolute atomic E-state index is 0.0623. The third-order valence-electron chi connectivity index (χ3n) is 4.53. The summed E-state index contributed by atoms with van der Waals surface area (Å²) >= 11 is 0. The minimum Gasteiger partial charge on any atom is -0.460 e. The Morgan fingerprint density at radius 2 is 1.96 bits per heavy atom. The molecule has 25 heavy (non-hydrogen) atoms. The Kier molecular flexibility index (Phi) is 4.44. The van der Waals surface area contributed by atoms with E-state index >= 15 is 0 Å². The highest BCUT2D eigenvalue weighted by molar-refractivity contribution is 6.35. The van der Waals surface area contributed by atoms with Crippen LogP contribution in [0.3, 0.4) is 0 Å². The summed E-state index contributed by atoms with van der Waals surface area (Å²) in [4.78, 5) is 42.7. The van der Waals surface area contributed by atoms with Crippen LogP contribution in [-0.4, -0.2) is 66.0 Å². The highest BCUT2D eigenvalue weighted by atomic mass is 16.6. The number of hydrogen-bond acceptors (Lipinski definition) is 8. The standard InChI is InChI=1S/C16H24N4O5/c1-5-24-14(22)13-17-10-8-6-20(15(23)25-16(2,3)4)7-9(12(8)21)11(10)18-19-13/h8-11,18H,5-7H2,1-4H3,(H,17,19)/t8-,9+,10-,11+/m1/s1. The number of nitrogens with one attached hydrogen (secondary N) is 2. The monoisotopic (exact) mass is 352 g/mol. The van der Waals surface area contributed by atoms with Crippen molar-refractivity contribution in [1.29, 1.82) is 0 Å². The molecule has 1 saturated heterocycles. The van der Waals surface area contributed by atoms with Crippen LogP contribution in [0, 0.1) is 11.8 Å². The fourth-order valence-electron chi connectivity index (χ4n) is 3.53. The van der Waals surface area contributed by atoms with Crippen molar-refractivity contribution in [2.24, 2.45) is 16.8 Å². The molecule has 0 spiro atoms. The van der Waals surface area contributed by atoms with Gasteiger partial charge in [0, 0.05) is 13.1 Å². The fraction of sp³-hybridized carbons (Fsp3) is 0.750. The number of nitrogens with zero attached hydrogens (tertiary/aromatic N) is 2. The van der Waals surface area contributed by atoms with E-state index in [4.69, 9.17) is 9.47 Å². The zero-order valence-electron chi connectivity index (χ0n) is 14.9. The topological polar surface area (TPSA) is 109 Å². The number of amidine groups is 1. The zero-order valence-corrected chi connectivity index (χ0v) is 14.9. The molecule has 9 heteroatoms. The minimum atomic E-state index is -0.598. The van der Waals surface area contributed by atoms with E-state index in [9.17, 15) is 14.4 Å². The molecule has 0 aromatic heterocycles. The Balaban J connectivity index is 1.77. The second-order valence-electron chi connectivity index (χ2n) is 7.48. The lowest BCUT2D eigenvalue weighted by atomic mass is 9.96. The molecule has 138 valence electrons. The molecule has 2 aliphatic heterocycles. The van der Waals surface area contributed by atoms with E-state index in [2.05, 4.69) is 15.8 Å². The third kappa shape index (κ3) is 3.33. The maximum absolute atomic E-state index is 12.6. The first-order valence-electron chi connectivity index (χ1n) is 8.49. The van der Waals surface area contributed by atoms with E-state index in [1.54, 1.807) is 32.6 Å². The maximum Gasteiger partial charge on any atom is 0.410 e. The van der Waals surface area contributed by atoms with Crippen molar-refractivity contribution in [1.82, 2.24) is 15.8 Å². The van der Waals surface area contributed by atoms with Crippen molar-refractivity contribution in [3.05, 3.63) is 0 Å². The van der Waals surface area contributed by atoms with Crippen LogP contribution in [0.4, 0.5) is 4.79 Å². The Morgan fingerprint density at radius 1 is 1.28 bits per heavy atom. The molecule has 1 aliphatic carbocycles. The summed E-state index contributed by atoms with van der Waals surface area (Å²) in [6.07, 6.45) is -0.434. The van der Waals surface area contributed by atoms with Gasteiger partial charge in [0.2, 0.25) is 5.84 Å². The predicted octanol–water partition coefficient (Wildman–Crippen LogP) is -0.141. The van der Waals surface area contributed by atoms with Crippen LogP contribution in [0.2, 0.25) is 0 Å². The number of hydrazine groups is 1. The summed E-state index contributed by atoms with van der Waals surface area (Å²) in [7, 11) is 0. The number of Topliss-reactive ketones (excluding diaryl/α,β-unsaturated/α-hetero) is 1. The Hall–Kier alpha value is -2.16. The zero-order chi connectivity index (χ0) is 18.4. The molecule has 1 saturated carbocycles. The van der Waals surface area contributed by atoms with Gasteiger partial charge in [-0.25, -0.2) is 15.0 Å². The van der Waals surface area contributed by atoms with Gasteiger partial charge < -0.3 is 14.4 Å². The summed E-state index contributed by atoms with van der Waals surface area (Å²) in [5.74, 6) is -1.26. The normalized spacial score (nSPS) is 31.0. The molecular weight excluding hydrogens is 328 g/mol.